The lowest BCUT2D eigenvalue weighted by Gasteiger charge is -2.29. The van der Waals surface area contributed by atoms with Crippen LogP contribution in [-0.4, -0.2) is 11.8 Å². The summed E-state index contributed by atoms with van der Waals surface area (Å²) in [6.45, 7) is 1.70. The highest BCUT2D eigenvalue weighted by atomic mass is 16.1. The van der Waals surface area contributed by atoms with Crippen molar-refractivity contribution in [2.45, 2.75) is 70.3 Å². The summed E-state index contributed by atoms with van der Waals surface area (Å²) in [5, 5.41) is 2.66. The van der Waals surface area contributed by atoms with Gasteiger partial charge in [-0.2, -0.15) is 0 Å². The fourth-order valence-corrected chi connectivity index (χ4v) is 4.23. The van der Waals surface area contributed by atoms with Crippen LogP contribution in [0.3, 0.4) is 0 Å². The van der Waals surface area contributed by atoms with E-state index in [9.17, 15) is 4.79 Å². The molecule has 0 radical (unpaired) electrons. The van der Waals surface area contributed by atoms with Crippen molar-refractivity contribution in [3.63, 3.8) is 0 Å². The Balaban J connectivity index is 1.68. The molecular weight excluding hydrogens is 282 g/mol. The minimum atomic E-state index is 0.170. The molecule has 0 saturated heterocycles. The lowest BCUT2D eigenvalue weighted by atomic mass is 9.76. The van der Waals surface area contributed by atoms with E-state index in [0.717, 1.165) is 25.2 Å². The Labute approximate surface area is 139 Å². The van der Waals surface area contributed by atoms with Gasteiger partial charge in [0.2, 0.25) is 0 Å². The summed E-state index contributed by atoms with van der Waals surface area (Å²) in [6.07, 6.45) is 13.7. The summed E-state index contributed by atoms with van der Waals surface area (Å²) in [7, 11) is 0. The zero-order valence-electron chi connectivity index (χ0n) is 14.3. The SMILES string of the molecule is CC(=O)CCCC1CCCC(c2ccc3c(c2)=CC(N)CC=3)C1. The van der Waals surface area contributed by atoms with Gasteiger partial charge < -0.3 is 10.5 Å². The summed E-state index contributed by atoms with van der Waals surface area (Å²) >= 11 is 0. The van der Waals surface area contributed by atoms with E-state index in [-0.39, 0.29) is 6.04 Å². The first-order valence-corrected chi connectivity index (χ1v) is 9.19. The van der Waals surface area contributed by atoms with Crippen molar-refractivity contribution in [2.75, 3.05) is 0 Å². The van der Waals surface area contributed by atoms with Crippen molar-refractivity contribution >= 4 is 17.9 Å². The first-order chi connectivity index (χ1) is 11.1. The molecule has 2 aliphatic carbocycles. The Morgan fingerprint density at radius 3 is 2.96 bits per heavy atom. The topological polar surface area (TPSA) is 43.1 Å². The first-order valence-electron chi connectivity index (χ1n) is 9.19. The molecule has 1 fully saturated rings. The van der Waals surface area contributed by atoms with Gasteiger partial charge in [-0.15, -0.1) is 0 Å². The molecule has 0 aromatic heterocycles. The standard InChI is InChI=1S/C21H29NO/c1-15(23)4-2-5-16-6-3-7-18(12-16)19-9-8-17-10-11-21(22)14-20(17)13-19/h8-10,13-14,16,18,21H,2-7,11-12,22H2,1H3. The maximum Gasteiger partial charge on any atom is 0.129 e. The van der Waals surface area contributed by atoms with Gasteiger partial charge in [-0.3, -0.25) is 0 Å². The van der Waals surface area contributed by atoms with Crippen LogP contribution in [0.5, 0.6) is 0 Å². The molecule has 3 unspecified atom stereocenters. The van der Waals surface area contributed by atoms with Crippen LogP contribution in [0.4, 0.5) is 0 Å². The number of rotatable bonds is 5. The third-order valence-electron chi connectivity index (χ3n) is 5.51. The van der Waals surface area contributed by atoms with Gasteiger partial charge in [0.15, 0.2) is 0 Å². The van der Waals surface area contributed by atoms with Gasteiger partial charge in [-0.1, -0.05) is 49.6 Å². The molecule has 2 nitrogen and oxygen atoms in total. The molecule has 0 heterocycles. The van der Waals surface area contributed by atoms with E-state index >= 15 is 0 Å². The summed E-state index contributed by atoms with van der Waals surface area (Å²) in [4.78, 5) is 11.1. The van der Waals surface area contributed by atoms with E-state index in [1.165, 1.54) is 48.1 Å². The second kappa shape index (κ2) is 7.44. The third-order valence-corrected chi connectivity index (χ3v) is 5.51. The summed E-state index contributed by atoms with van der Waals surface area (Å²) in [5.74, 6) is 1.81. The van der Waals surface area contributed by atoms with E-state index in [1.54, 1.807) is 6.92 Å². The number of ketones is 1. The van der Waals surface area contributed by atoms with E-state index in [0.29, 0.717) is 11.7 Å². The number of fused-ring (bicyclic) bond motifs is 1. The van der Waals surface area contributed by atoms with Crippen LogP contribution in [0.25, 0.3) is 12.2 Å². The Morgan fingerprint density at radius 2 is 2.13 bits per heavy atom. The van der Waals surface area contributed by atoms with Gasteiger partial charge in [-0.05, 0) is 60.4 Å². The second-order valence-corrected chi connectivity index (χ2v) is 7.48. The van der Waals surface area contributed by atoms with Crippen LogP contribution >= 0.6 is 0 Å². The zero-order chi connectivity index (χ0) is 16.2. The fourth-order valence-electron chi connectivity index (χ4n) is 4.23. The van der Waals surface area contributed by atoms with Crippen molar-refractivity contribution in [1.29, 1.82) is 0 Å². The zero-order valence-corrected chi connectivity index (χ0v) is 14.3. The average Bonchev–Trinajstić information content (AvgIpc) is 2.54. The van der Waals surface area contributed by atoms with E-state index in [1.807, 2.05) is 0 Å². The average molecular weight is 311 g/mol. The molecule has 2 aliphatic rings. The first kappa shape index (κ1) is 16.4. The predicted octanol–water partition coefficient (Wildman–Crippen LogP) is 3.01. The Kier molecular flexibility index (Phi) is 5.32. The monoisotopic (exact) mass is 311 g/mol. The van der Waals surface area contributed by atoms with E-state index < -0.39 is 0 Å². The van der Waals surface area contributed by atoms with Gasteiger partial charge >= 0.3 is 0 Å². The highest BCUT2D eigenvalue weighted by molar-refractivity contribution is 5.75. The highest BCUT2D eigenvalue weighted by Gasteiger charge is 2.23. The lowest BCUT2D eigenvalue weighted by Crippen LogP contribution is -2.34. The van der Waals surface area contributed by atoms with Crippen LogP contribution < -0.4 is 16.2 Å². The lowest BCUT2D eigenvalue weighted by molar-refractivity contribution is -0.117. The molecule has 0 aliphatic heterocycles. The van der Waals surface area contributed by atoms with Crippen molar-refractivity contribution in [3.05, 3.63) is 34.2 Å². The molecule has 0 amide bonds. The van der Waals surface area contributed by atoms with Gasteiger partial charge in [0.1, 0.15) is 5.78 Å². The number of nitrogens with two attached hydrogens (primary N) is 1. The van der Waals surface area contributed by atoms with Gasteiger partial charge in [0.25, 0.3) is 0 Å². The molecule has 1 aromatic rings. The Bertz CT molecular complexity index is 676. The fraction of sp³-hybridized carbons (Fsp3) is 0.571. The van der Waals surface area contributed by atoms with Gasteiger partial charge in [-0.25, -0.2) is 0 Å². The van der Waals surface area contributed by atoms with Crippen LogP contribution in [0.2, 0.25) is 0 Å². The highest BCUT2D eigenvalue weighted by Crippen LogP contribution is 2.37. The number of hydrogen-bond donors (Lipinski definition) is 1. The smallest absolute Gasteiger partial charge is 0.129 e. The Morgan fingerprint density at radius 1 is 1.26 bits per heavy atom. The van der Waals surface area contributed by atoms with Crippen molar-refractivity contribution in [3.8, 4) is 0 Å². The molecule has 1 aromatic carbocycles. The molecule has 3 rings (SSSR count). The molecule has 1 saturated carbocycles. The summed E-state index contributed by atoms with van der Waals surface area (Å²) in [5.41, 5.74) is 7.55. The second-order valence-electron chi connectivity index (χ2n) is 7.48. The molecule has 0 spiro atoms. The summed E-state index contributed by atoms with van der Waals surface area (Å²) in [6, 6.07) is 7.13. The van der Waals surface area contributed by atoms with Gasteiger partial charge in [0, 0.05) is 12.5 Å². The van der Waals surface area contributed by atoms with E-state index in [2.05, 4.69) is 30.4 Å². The normalized spacial score (nSPS) is 26.8. The number of Topliss-reactive ketones (excluding diaryl/α,β-unsaturated/α-hetero) is 1. The number of carbonyl (C=O) groups excluding carboxylic acids is 1. The van der Waals surface area contributed by atoms with Crippen LogP contribution in [0, 0.1) is 5.92 Å². The molecule has 2 heteroatoms. The van der Waals surface area contributed by atoms with Crippen LogP contribution in [0.1, 0.15) is 69.8 Å². The van der Waals surface area contributed by atoms with Crippen molar-refractivity contribution < 1.29 is 4.79 Å². The third kappa shape index (κ3) is 4.32. The predicted molar refractivity (Wildman–Crippen MR) is 96.4 cm³/mol. The maximum absolute atomic E-state index is 11.1. The molecule has 3 atom stereocenters. The number of benzene rings is 1. The quantitative estimate of drug-likeness (QED) is 0.908. The van der Waals surface area contributed by atoms with Gasteiger partial charge in [0.05, 0.1) is 0 Å². The molecule has 2 N–H and O–H groups in total. The summed E-state index contributed by atoms with van der Waals surface area (Å²) < 4.78 is 0. The van der Waals surface area contributed by atoms with Crippen molar-refractivity contribution in [1.82, 2.24) is 0 Å². The molecular formula is C21H29NO. The number of carbonyl (C=O) groups is 1. The maximum atomic E-state index is 11.1. The van der Waals surface area contributed by atoms with Crippen molar-refractivity contribution in [2.24, 2.45) is 11.7 Å². The number of hydrogen-bond acceptors (Lipinski definition) is 2. The molecule has 0 bridgehead atoms. The minimum Gasteiger partial charge on any atom is -0.324 e. The molecule has 23 heavy (non-hydrogen) atoms. The van der Waals surface area contributed by atoms with Crippen LogP contribution in [-0.2, 0) is 4.79 Å². The largest absolute Gasteiger partial charge is 0.324 e. The van der Waals surface area contributed by atoms with Crippen LogP contribution in [0.15, 0.2) is 18.2 Å². The minimum absolute atomic E-state index is 0.170. The molecule has 124 valence electrons. The van der Waals surface area contributed by atoms with E-state index in [4.69, 9.17) is 5.73 Å². The Hall–Kier alpha value is -1.41.